The van der Waals surface area contributed by atoms with Crippen LogP contribution >= 0.6 is 0 Å². The number of carbonyl (C=O) groups excluding carboxylic acids is 1. The van der Waals surface area contributed by atoms with Gasteiger partial charge in [-0.15, -0.1) is 0 Å². The Kier molecular flexibility index (Phi) is 5.38. The highest BCUT2D eigenvalue weighted by Crippen LogP contribution is 2.21. The predicted molar refractivity (Wildman–Crippen MR) is 86.1 cm³/mol. The van der Waals surface area contributed by atoms with Crippen LogP contribution in [0.4, 0.5) is 4.39 Å². The summed E-state index contributed by atoms with van der Waals surface area (Å²) in [5.74, 6) is -0.891. The third kappa shape index (κ3) is 4.73. The van der Waals surface area contributed by atoms with Crippen molar-refractivity contribution in [2.75, 3.05) is 40.0 Å². The summed E-state index contributed by atoms with van der Waals surface area (Å²) in [4.78, 5) is 14.2. The van der Waals surface area contributed by atoms with Gasteiger partial charge in [-0.2, -0.15) is 4.31 Å². The normalized spacial score (nSPS) is 22.5. The van der Waals surface area contributed by atoms with Gasteiger partial charge in [0.2, 0.25) is 10.0 Å². The highest BCUT2D eigenvalue weighted by molar-refractivity contribution is 7.88. The number of benzene rings is 1. The van der Waals surface area contributed by atoms with Crippen LogP contribution in [0.25, 0.3) is 0 Å². The molecule has 2 rings (SSSR count). The molecule has 1 aliphatic rings. The largest absolute Gasteiger partial charge is 0.348 e. The van der Waals surface area contributed by atoms with E-state index in [9.17, 15) is 17.6 Å². The zero-order chi connectivity index (χ0) is 17.2. The van der Waals surface area contributed by atoms with Crippen molar-refractivity contribution in [3.05, 3.63) is 35.6 Å². The molecule has 1 heterocycles. The number of nitrogens with zero attached hydrogens (tertiary/aromatic N) is 2. The number of hydrogen-bond acceptors (Lipinski definition) is 4. The fraction of sp³-hybridized carbons (Fsp3) is 0.533. The summed E-state index contributed by atoms with van der Waals surface area (Å²) < 4.78 is 38.1. The molecular formula is C15H22FN3O3S. The molecule has 0 aliphatic carbocycles. The maximum atomic E-state index is 13.2. The Morgan fingerprint density at radius 2 is 2.09 bits per heavy atom. The van der Waals surface area contributed by atoms with Crippen molar-refractivity contribution in [1.29, 1.82) is 0 Å². The first-order chi connectivity index (χ1) is 10.7. The molecule has 2 atom stereocenters. The lowest BCUT2D eigenvalue weighted by Gasteiger charge is -2.22. The maximum Gasteiger partial charge on any atom is 0.251 e. The topological polar surface area (TPSA) is 69.7 Å². The molecule has 8 heteroatoms. The third-order valence-electron chi connectivity index (χ3n) is 3.88. The zero-order valence-corrected chi connectivity index (χ0v) is 14.3. The van der Waals surface area contributed by atoms with Crippen LogP contribution in [0, 0.1) is 11.7 Å². The van der Waals surface area contributed by atoms with E-state index in [1.807, 2.05) is 19.0 Å². The minimum Gasteiger partial charge on any atom is -0.348 e. The van der Waals surface area contributed by atoms with Crippen molar-refractivity contribution in [3.8, 4) is 0 Å². The van der Waals surface area contributed by atoms with E-state index in [0.29, 0.717) is 13.1 Å². The van der Waals surface area contributed by atoms with E-state index in [1.165, 1.54) is 28.6 Å². The molecule has 1 N–H and O–H groups in total. The smallest absolute Gasteiger partial charge is 0.251 e. The first kappa shape index (κ1) is 17.8. The Labute approximate surface area is 136 Å². The molecule has 1 amide bonds. The third-order valence-corrected chi connectivity index (χ3v) is 5.12. The van der Waals surface area contributed by atoms with Crippen LogP contribution in [0.15, 0.2) is 24.3 Å². The van der Waals surface area contributed by atoms with Crippen LogP contribution in [-0.2, 0) is 10.0 Å². The summed E-state index contributed by atoms with van der Waals surface area (Å²) in [6.45, 7) is 1.25. The van der Waals surface area contributed by atoms with Gasteiger partial charge in [0.25, 0.3) is 5.91 Å². The Morgan fingerprint density at radius 3 is 2.65 bits per heavy atom. The minimum atomic E-state index is -3.31. The molecule has 0 bridgehead atoms. The summed E-state index contributed by atoms with van der Waals surface area (Å²) in [5, 5.41) is 2.84. The first-order valence-corrected chi connectivity index (χ1v) is 9.18. The van der Waals surface area contributed by atoms with E-state index in [2.05, 4.69) is 5.32 Å². The SMILES string of the molecule is CN(C)C[C@@H]1CN(S(C)(=O)=O)C[C@H]1NC(=O)c1cccc(F)c1. The summed E-state index contributed by atoms with van der Waals surface area (Å²) >= 11 is 0. The summed E-state index contributed by atoms with van der Waals surface area (Å²) in [6, 6.07) is 5.14. The van der Waals surface area contributed by atoms with E-state index < -0.39 is 21.7 Å². The van der Waals surface area contributed by atoms with Gasteiger partial charge < -0.3 is 10.2 Å². The van der Waals surface area contributed by atoms with E-state index >= 15 is 0 Å². The van der Waals surface area contributed by atoms with Gasteiger partial charge in [-0.05, 0) is 32.3 Å². The average Bonchev–Trinajstić information content (AvgIpc) is 2.81. The van der Waals surface area contributed by atoms with Crippen molar-refractivity contribution in [2.45, 2.75) is 6.04 Å². The molecule has 0 aromatic heterocycles. The fourth-order valence-corrected chi connectivity index (χ4v) is 3.70. The van der Waals surface area contributed by atoms with Crippen molar-refractivity contribution < 1.29 is 17.6 Å². The molecule has 1 aromatic rings. The Balaban J connectivity index is 2.13. The summed E-state index contributed by atoms with van der Waals surface area (Å²) in [5.41, 5.74) is 0.228. The number of hydrogen-bond donors (Lipinski definition) is 1. The standard InChI is InChI=1S/C15H22FN3O3S/c1-18(2)8-12-9-19(23(3,21)22)10-14(12)17-15(20)11-5-4-6-13(16)7-11/h4-7,12,14H,8-10H2,1-3H3,(H,17,20)/t12-,14-/m1/s1. The lowest BCUT2D eigenvalue weighted by molar-refractivity contribution is 0.0927. The van der Waals surface area contributed by atoms with Crippen molar-refractivity contribution in [2.24, 2.45) is 5.92 Å². The van der Waals surface area contributed by atoms with E-state index in [1.54, 1.807) is 0 Å². The monoisotopic (exact) mass is 343 g/mol. The fourth-order valence-electron chi connectivity index (χ4n) is 2.80. The quantitative estimate of drug-likeness (QED) is 0.839. The number of halogens is 1. The number of nitrogens with one attached hydrogen (secondary N) is 1. The second-order valence-corrected chi connectivity index (χ2v) is 8.18. The highest BCUT2D eigenvalue weighted by atomic mass is 32.2. The number of amides is 1. The van der Waals surface area contributed by atoms with Gasteiger partial charge in [0.05, 0.1) is 6.26 Å². The molecule has 1 saturated heterocycles. The molecule has 0 saturated carbocycles. The average molecular weight is 343 g/mol. The molecule has 1 aliphatic heterocycles. The van der Waals surface area contributed by atoms with Crippen LogP contribution in [0.2, 0.25) is 0 Å². The molecule has 1 aromatic carbocycles. The molecule has 1 fully saturated rings. The Morgan fingerprint density at radius 1 is 1.39 bits per heavy atom. The van der Waals surface area contributed by atoms with Gasteiger partial charge in [-0.3, -0.25) is 4.79 Å². The lowest BCUT2D eigenvalue weighted by Crippen LogP contribution is -2.43. The molecule has 128 valence electrons. The highest BCUT2D eigenvalue weighted by Gasteiger charge is 2.38. The van der Waals surface area contributed by atoms with Crippen molar-refractivity contribution in [3.63, 3.8) is 0 Å². The number of sulfonamides is 1. The molecule has 6 nitrogen and oxygen atoms in total. The maximum absolute atomic E-state index is 13.2. The molecule has 23 heavy (non-hydrogen) atoms. The van der Waals surface area contributed by atoms with Gasteiger partial charge in [-0.1, -0.05) is 6.07 Å². The van der Waals surface area contributed by atoms with Crippen molar-refractivity contribution >= 4 is 15.9 Å². The van der Waals surface area contributed by atoms with Gasteiger partial charge in [0.1, 0.15) is 5.82 Å². The number of carbonyl (C=O) groups is 1. The molecule has 0 spiro atoms. The van der Waals surface area contributed by atoms with E-state index in [-0.39, 0.29) is 24.1 Å². The van der Waals surface area contributed by atoms with Gasteiger partial charge in [-0.25, -0.2) is 12.8 Å². The Hall–Kier alpha value is -1.51. The zero-order valence-electron chi connectivity index (χ0n) is 13.5. The minimum absolute atomic E-state index is 0.0164. The summed E-state index contributed by atoms with van der Waals surface area (Å²) in [7, 11) is 0.487. The van der Waals surface area contributed by atoms with Crippen molar-refractivity contribution in [1.82, 2.24) is 14.5 Å². The van der Waals surface area contributed by atoms with Crippen LogP contribution < -0.4 is 5.32 Å². The molecule has 0 unspecified atom stereocenters. The number of rotatable bonds is 5. The second-order valence-electron chi connectivity index (χ2n) is 6.19. The van der Waals surface area contributed by atoms with E-state index in [4.69, 9.17) is 0 Å². The van der Waals surface area contributed by atoms with Crippen LogP contribution in [0.5, 0.6) is 0 Å². The van der Waals surface area contributed by atoms with Crippen LogP contribution in [0.3, 0.4) is 0 Å². The van der Waals surface area contributed by atoms with Gasteiger partial charge in [0, 0.05) is 37.2 Å². The lowest BCUT2D eigenvalue weighted by atomic mass is 10.0. The van der Waals surface area contributed by atoms with Crippen LogP contribution in [-0.4, -0.2) is 69.6 Å². The van der Waals surface area contributed by atoms with Crippen LogP contribution in [0.1, 0.15) is 10.4 Å². The van der Waals surface area contributed by atoms with Gasteiger partial charge in [0.15, 0.2) is 0 Å². The molecule has 0 radical (unpaired) electrons. The Bertz CT molecular complexity index is 678. The van der Waals surface area contributed by atoms with Gasteiger partial charge >= 0.3 is 0 Å². The predicted octanol–water partition coefficient (Wildman–Crippen LogP) is 0.377. The molecular weight excluding hydrogens is 321 g/mol. The second kappa shape index (κ2) is 6.94. The first-order valence-electron chi connectivity index (χ1n) is 7.33. The van der Waals surface area contributed by atoms with E-state index in [0.717, 1.165) is 6.26 Å². The summed E-state index contributed by atoms with van der Waals surface area (Å²) in [6.07, 6.45) is 1.16.